The Morgan fingerprint density at radius 3 is 3.08 bits per heavy atom. The summed E-state index contributed by atoms with van der Waals surface area (Å²) in [6.45, 7) is 2.11. The third kappa shape index (κ3) is 3.54. The van der Waals surface area contributed by atoms with Crippen molar-refractivity contribution in [2.75, 3.05) is 34.3 Å². The van der Waals surface area contributed by atoms with Gasteiger partial charge in [0.1, 0.15) is 0 Å². The lowest BCUT2D eigenvalue weighted by Gasteiger charge is -2.36. The maximum Gasteiger partial charge on any atom is 0.0677 e. The lowest BCUT2D eigenvalue weighted by atomic mass is 10.0. The first-order valence-electron chi connectivity index (χ1n) is 8.66. The molecule has 3 N–H and O–H groups in total. The van der Waals surface area contributed by atoms with E-state index in [0.717, 1.165) is 29.7 Å². The van der Waals surface area contributed by atoms with Crippen LogP contribution in [0, 0.1) is 0 Å². The highest BCUT2D eigenvalue weighted by molar-refractivity contribution is 7.99. The van der Waals surface area contributed by atoms with E-state index in [0.29, 0.717) is 6.04 Å². The second-order valence-corrected chi connectivity index (χ2v) is 7.04. The molecule has 1 atom stereocenters. The van der Waals surface area contributed by atoms with Gasteiger partial charge in [0.05, 0.1) is 23.1 Å². The summed E-state index contributed by atoms with van der Waals surface area (Å²) in [6, 6.07) is 15.4. The number of aromatic amines is 1. The molecule has 0 amide bonds. The summed E-state index contributed by atoms with van der Waals surface area (Å²) in [7, 11) is 0. The second kappa shape index (κ2) is 7.27. The van der Waals surface area contributed by atoms with E-state index >= 15 is 0 Å². The van der Waals surface area contributed by atoms with Gasteiger partial charge in [0.15, 0.2) is 0 Å². The molecule has 6 heteroatoms. The summed E-state index contributed by atoms with van der Waals surface area (Å²) in [4.78, 5) is 2.48. The summed E-state index contributed by atoms with van der Waals surface area (Å²) in [5, 5.41) is 12.0. The van der Waals surface area contributed by atoms with Crippen LogP contribution in [0.25, 0.3) is 10.9 Å². The predicted octanol–water partition coefficient (Wildman–Crippen LogP) is 4.33. The van der Waals surface area contributed by atoms with Crippen LogP contribution >= 0.6 is 11.9 Å². The van der Waals surface area contributed by atoms with Crippen molar-refractivity contribution in [1.29, 1.82) is 0 Å². The highest BCUT2D eigenvalue weighted by atomic mass is 32.2. The van der Waals surface area contributed by atoms with Crippen LogP contribution in [0.1, 0.15) is 12.8 Å². The molecule has 5 nitrogen and oxygen atoms in total. The van der Waals surface area contributed by atoms with Gasteiger partial charge in [0, 0.05) is 36.5 Å². The van der Waals surface area contributed by atoms with Crippen LogP contribution in [-0.2, 0) is 0 Å². The number of aromatic nitrogens is 2. The average Bonchev–Trinajstić information content (AvgIpc) is 3.10. The minimum atomic E-state index is 0.445. The fourth-order valence-electron chi connectivity index (χ4n) is 3.53. The predicted molar refractivity (Wildman–Crippen MR) is 109 cm³/mol. The van der Waals surface area contributed by atoms with E-state index < -0.39 is 0 Å². The largest absolute Gasteiger partial charge is 0.381 e. The molecule has 1 aliphatic rings. The zero-order valence-electron chi connectivity index (χ0n) is 14.3. The summed E-state index contributed by atoms with van der Waals surface area (Å²) in [5.74, 6) is 0. The molecule has 1 fully saturated rings. The third-order valence-corrected chi connectivity index (χ3v) is 5.11. The molecule has 0 radical (unpaired) electrons. The van der Waals surface area contributed by atoms with Crippen molar-refractivity contribution >= 4 is 39.9 Å². The number of para-hydroxylation sites is 2. The lowest BCUT2D eigenvalue weighted by Crippen LogP contribution is -2.42. The molecule has 2 heterocycles. The lowest BCUT2D eigenvalue weighted by molar-refractivity contribution is 0.530. The summed E-state index contributed by atoms with van der Waals surface area (Å²) < 4.78 is 3.40. The minimum absolute atomic E-state index is 0.445. The Bertz CT molecular complexity index is 846. The average molecular weight is 353 g/mol. The van der Waals surface area contributed by atoms with Crippen molar-refractivity contribution in [3.05, 3.63) is 48.7 Å². The highest BCUT2D eigenvalue weighted by Gasteiger charge is 2.21. The van der Waals surface area contributed by atoms with Gasteiger partial charge < -0.3 is 14.9 Å². The molecule has 4 rings (SSSR count). The second-order valence-electron chi connectivity index (χ2n) is 6.42. The van der Waals surface area contributed by atoms with E-state index in [2.05, 4.69) is 73.9 Å². The molecule has 0 bridgehead atoms. The molecule has 3 aromatic rings. The fourth-order valence-corrected chi connectivity index (χ4v) is 3.92. The van der Waals surface area contributed by atoms with Crippen LogP contribution < -0.4 is 14.9 Å². The maximum atomic E-state index is 4.10. The fraction of sp³-hybridized carbons (Fsp3) is 0.316. The molecule has 2 aromatic carbocycles. The van der Waals surface area contributed by atoms with E-state index in [1.54, 1.807) is 11.9 Å². The molecule has 1 aromatic heterocycles. The standard InChI is InChI=1S/C19H23N5S/c1-25-23-18-6-2-3-7-19(18)24-10-4-5-16(13-24)21-15-8-9-17-14(11-15)12-20-22-17/h2-3,6-9,11-12,16,21,23H,4-5,10,13H2,1H3,(H,20,22). The van der Waals surface area contributed by atoms with E-state index in [1.807, 2.05) is 6.20 Å². The number of fused-ring (bicyclic) bond motifs is 1. The molecular weight excluding hydrogens is 330 g/mol. The zero-order valence-corrected chi connectivity index (χ0v) is 15.1. The monoisotopic (exact) mass is 353 g/mol. The van der Waals surface area contributed by atoms with Gasteiger partial charge in [-0.25, -0.2) is 0 Å². The number of piperidine rings is 1. The van der Waals surface area contributed by atoms with Gasteiger partial charge in [-0.2, -0.15) is 5.10 Å². The Balaban J connectivity index is 1.49. The van der Waals surface area contributed by atoms with Crippen LogP contribution in [0.15, 0.2) is 48.7 Å². The number of rotatable bonds is 5. The van der Waals surface area contributed by atoms with Gasteiger partial charge in [-0.3, -0.25) is 5.10 Å². The SMILES string of the molecule is CSNc1ccccc1N1CCCC(Nc2ccc3[nH]ncc3c2)C1. The van der Waals surface area contributed by atoms with E-state index in [4.69, 9.17) is 0 Å². The van der Waals surface area contributed by atoms with Crippen molar-refractivity contribution < 1.29 is 0 Å². The first-order valence-corrected chi connectivity index (χ1v) is 9.88. The van der Waals surface area contributed by atoms with E-state index in [-0.39, 0.29) is 0 Å². The molecule has 130 valence electrons. The molecule has 1 aliphatic heterocycles. The molecular formula is C19H23N5S. The number of H-pyrrole nitrogens is 1. The van der Waals surface area contributed by atoms with Crippen molar-refractivity contribution in [1.82, 2.24) is 10.2 Å². The van der Waals surface area contributed by atoms with E-state index in [1.165, 1.54) is 24.2 Å². The van der Waals surface area contributed by atoms with Crippen molar-refractivity contribution in [3.63, 3.8) is 0 Å². The van der Waals surface area contributed by atoms with Gasteiger partial charge in [0.25, 0.3) is 0 Å². The van der Waals surface area contributed by atoms with Gasteiger partial charge in [-0.05, 0) is 43.2 Å². The van der Waals surface area contributed by atoms with Crippen molar-refractivity contribution in [3.8, 4) is 0 Å². The molecule has 0 spiro atoms. The molecule has 1 saturated heterocycles. The number of benzene rings is 2. The van der Waals surface area contributed by atoms with Crippen LogP contribution in [-0.4, -0.2) is 35.6 Å². The minimum Gasteiger partial charge on any atom is -0.381 e. The first kappa shape index (κ1) is 16.1. The number of nitrogens with one attached hydrogen (secondary N) is 3. The van der Waals surface area contributed by atoms with Gasteiger partial charge in [0.2, 0.25) is 0 Å². The van der Waals surface area contributed by atoms with Crippen LogP contribution in [0.2, 0.25) is 0 Å². The smallest absolute Gasteiger partial charge is 0.0677 e. The van der Waals surface area contributed by atoms with Gasteiger partial charge in [-0.15, -0.1) is 0 Å². The Labute approximate surface area is 152 Å². The van der Waals surface area contributed by atoms with Crippen LogP contribution in [0.5, 0.6) is 0 Å². The number of hydrogen-bond acceptors (Lipinski definition) is 5. The Hall–Kier alpha value is -2.34. The summed E-state index contributed by atoms with van der Waals surface area (Å²) in [5.41, 5.74) is 4.72. The summed E-state index contributed by atoms with van der Waals surface area (Å²) >= 11 is 1.64. The van der Waals surface area contributed by atoms with Gasteiger partial charge in [-0.1, -0.05) is 24.1 Å². The normalized spacial score (nSPS) is 17.6. The first-order chi connectivity index (χ1) is 12.3. The quantitative estimate of drug-likeness (QED) is 0.596. The topological polar surface area (TPSA) is 56.0 Å². The Morgan fingerprint density at radius 2 is 2.16 bits per heavy atom. The Morgan fingerprint density at radius 1 is 1.24 bits per heavy atom. The van der Waals surface area contributed by atoms with Crippen molar-refractivity contribution in [2.24, 2.45) is 0 Å². The number of nitrogens with zero attached hydrogens (tertiary/aromatic N) is 2. The Kier molecular flexibility index (Phi) is 4.70. The molecule has 0 aliphatic carbocycles. The highest BCUT2D eigenvalue weighted by Crippen LogP contribution is 2.30. The molecule has 1 unspecified atom stereocenters. The van der Waals surface area contributed by atoms with Crippen LogP contribution in [0.4, 0.5) is 17.1 Å². The van der Waals surface area contributed by atoms with Crippen molar-refractivity contribution in [2.45, 2.75) is 18.9 Å². The summed E-state index contributed by atoms with van der Waals surface area (Å²) in [6.07, 6.45) is 6.32. The zero-order chi connectivity index (χ0) is 17.1. The molecule has 25 heavy (non-hydrogen) atoms. The van der Waals surface area contributed by atoms with E-state index in [9.17, 15) is 0 Å². The van der Waals surface area contributed by atoms with Crippen LogP contribution in [0.3, 0.4) is 0 Å². The van der Waals surface area contributed by atoms with Gasteiger partial charge >= 0.3 is 0 Å². The third-order valence-electron chi connectivity index (χ3n) is 4.69. The molecule has 0 saturated carbocycles. The number of hydrogen-bond donors (Lipinski definition) is 3. The number of anilines is 3. The maximum absolute atomic E-state index is 4.10.